The summed E-state index contributed by atoms with van der Waals surface area (Å²) in [5.41, 5.74) is -11.8. The van der Waals surface area contributed by atoms with Crippen LogP contribution in [0.25, 0.3) is 0 Å². The molecule has 0 amide bonds. The van der Waals surface area contributed by atoms with Gasteiger partial charge in [0.2, 0.25) is 0 Å². The molecular formula is C38H30AlF6O8P2S2+. The van der Waals surface area contributed by atoms with Gasteiger partial charge in [0.25, 0.3) is 0 Å². The van der Waals surface area contributed by atoms with Gasteiger partial charge in [-0.2, -0.15) is 0 Å². The van der Waals surface area contributed by atoms with E-state index in [9.17, 15) is 52.3 Å². The normalized spacial score (nSPS) is 12.2. The Kier molecular flexibility index (Phi) is 15.5. The van der Waals surface area contributed by atoms with E-state index in [1.807, 2.05) is 182 Å². The molecule has 6 rings (SSSR count). The number of alkyl halides is 6. The first kappa shape index (κ1) is 45.4. The van der Waals surface area contributed by atoms with Crippen LogP contribution in [0.2, 0.25) is 0 Å². The minimum atomic E-state index is -6.19. The van der Waals surface area contributed by atoms with Crippen molar-refractivity contribution in [2.45, 2.75) is 11.0 Å². The first-order chi connectivity index (χ1) is 26.8. The fourth-order valence-corrected chi connectivity index (χ4v) is 12.4. The van der Waals surface area contributed by atoms with Crippen LogP contribution < -0.4 is 31.8 Å². The Morgan fingerprint density at radius 1 is 0.351 bits per heavy atom. The second-order valence-corrected chi connectivity index (χ2v) is 21.3. The van der Waals surface area contributed by atoms with Gasteiger partial charge in [0.15, 0.2) is 14.3 Å². The monoisotopic (exact) mass is 881 g/mol. The molecule has 19 heteroatoms. The van der Waals surface area contributed by atoms with E-state index >= 15 is 0 Å². The molecule has 0 aromatic heterocycles. The van der Waals surface area contributed by atoms with Gasteiger partial charge >= 0.3 is 96.8 Å². The van der Waals surface area contributed by atoms with Gasteiger partial charge in [0, 0.05) is 31.8 Å². The Morgan fingerprint density at radius 2 is 0.509 bits per heavy atom. The molecule has 0 aliphatic carbocycles. The van der Waals surface area contributed by atoms with Crippen molar-refractivity contribution in [2.75, 3.05) is 0 Å². The van der Waals surface area contributed by atoms with Gasteiger partial charge in [0.1, 0.15) is 0 Å². The van der Waals surface area contributed by atoms with Gasteiger partial charge in [0.05, 0.1) is 0 Å². The second-order valence-electron chi connectivity index (χ2n) is 11.3. The summed E-state index contributed by atoms with van der Waals surface area (Å²) in [7, 11) is -17.9. The molecule has 8 nitrogen and oxygen atoms in total. The average molecular weight is 882 g/mol. The standard InChI is InChI=1S/2C18H15OP.2CHF3O3S.Al/c2*19-20(16-10-4-1-5-11-16,17-12-6-2-7-13-17)18-14-8-3-9-15-18;2*2-1(3,4)8(5,6)7;/h2*1-15H;2*(H,5,6,7);/q;;;;+3/p-2. The van der Waals surface area contributed by atoms with Crippen LogP contribution >= 0.6 is 14.3 Å². The molecule has 0 aliphatic heterocycles. The van der Waals surface area contributed by atoms with E-state index in [1.165, 1.54) is 0 Å². The van der Waals surface area contributed by atoms with Crippen LogP contribution in [0.1, 0.15) is 0 Å². The number of benzene rings is 6. The third kappa shape index (κ3) is 11.4. The van der Waals surface area contributed by atoms with Gasteiger partial charge < -0.3 is 9.13 Å². The van der Waals surface area contributed by atoms with Gasteiger partial charge in [-0.25, -0.2) is 0 Å². The Bertz CT molecular complexity index is 2100. The van der Waals surface area contributed by atoms with E-state index in [2.05, 4.69) is 6.47 Å². The zero-order valence-electron chi connectivity index (χ0n) is 29.1. The van der Waals surface area contributed by atoms with Crippen molar-refractivity contribution < 1.29 is 58.8 Å². The fraction of sp³-hybridized carbons (Fsp3) is 0.0526. The minimum absolute atomic E-state index is 0.873. The molecule has 6 aromatic rings. The number of rotatable bonds is 10. The molecule has 0 radical (unpaired) electrons. The van der Waals surface area contributed by atoms with E-state index in [1.54, 1.807) is 0 Å². The van der Waals surface area contributed by atoms with Crippen molar-refractivity contribution in [3.05, 3.63) is 182 Å². The number of halogens is 6. The summed E-state index contributed by atoms with van der Waals surface area (Å²) in [5, 5.41) is 5.24. The summed E-state index contributed by atoms with van der Waals surface area (Å²) in [4.78, 5) is 0. The SMILES string of the molecule is O=P(c1ccccc1)(c1ccccc1)c1ccccc1.O=P(c1ccccc1)(c1ccccc1)c1ccccc1.O=S(=O)([O][Al+][O]S(=O)(=O)C(F)(F)F)C(F)(F)F. The molecule has 296 valence electrons. The number of hydrogen-bond donors (Lipinski definition) is 0. The Balaban J connectivity index is 0.000000191. The predicted octanol–water partition coefficient (Wildman–Crippen LogP) is 6.91. The molecule has 0 bridgehead atoms. The van der Waals surface area contributed by atoms with Crippen LogP contribution in [-0.4, -0.2) is 43.7 Å². The van der Waals surface area contributed by atoms with Crippen molar-refractivity contribution in [3.63, 3.8) is 0 Å². The van der Waals surface area contributed by atoms with Crippen molar-refractivity contribution in [1.29, 1.82) is 0 Å². The van der Waals surface area contributed by atoms with Gasteiger partial charge in [-0.15, -0.1) is 0 Å². The first-order valence-electron chi connectivity index (χ1n) is 16.2. The maximum atomic E-state index is 13.8. The van der Waals surface area contributed by atoms with E-state index in [0.717, 1.165) is 31.8 Å². The molecule has 0 heterocycles. The molecule has 6 aromatic carbocycles. The van der Waals surface area contributed by atoms with Crippen LogP contribution in [0.4, 0.5) is 26.3 Å². The van der Waals surface area contributed by atoms with Crippen molar-refractivity contribution in [1.82, 2.24) is 0 Å². The quantitative estimate of drug-likeness (QED) is 0.0631. The summed E-state index contributed by atoms with van der Waals surface area (Å²) < 4.78 is 143. The molecule has 0 fully saturated rings. The Hall–Kier alpha value is -4.29. The third-order valence-electron chi connectivity index (χ3n) is 7.62. The maximum absolute atomic E-state index is 13.8. The van der Waals surface area contributed by atoms with Crippen molar-refractivity contribution in [2.24, 2.45) is 0 Å². The summed E-state index contributed by atoms with van der Waals surface area (Å²) in [6.07, 6.45) is 0. The van der Waals surface area contributed by atoms with E-state index < -0.39 is 61.4 Å². The van der Waals surface area contributed by atoms with Crippen LogP contribution in [0, 0.1) is 0 Å². The third-order valence-corrected chi connectivity index (χ3v) is 17.6. The van der Waals surface area contributed by atoms with E-state index in [4.69, 9.17) is 0 Å². The Labute approximate surface area is 332 Å². The van der Waals surface area contributed by atoms with Gasteiger partial charge in [-0.1, -0.05) is 182 Å². The van der Waals surface area contributed by atoms with Gasteiger partial charge in [-0.05, 0) is 0 Å². The average Bonchev–Trinajstić information content (AvgIpc) is 3.22. The molecule has 0 atom stereocenters. The zero-order chi connectivity index (χ0) is 41.8. The van der Waals surface area contributed by atoms with Crippen LogP contribution in [0.3, 0.4) is 0 Å². The van der Waals surface area contributed by atoms with E-state index in [0.29, 0.717) is 0 Å². The second kappa shape index (κ2) is 19.4. The molecule has 0 spiro atoms. The van der Waals surface area contributed by atoms with Crippen LogP contribution in [0.15, 0.2) is 182 Å². The summed E-state index contributed by atoms with van der Waals surface area (Å²) >= 11 is -3.05. The molecule has 0 N–H and O–H groups in total. The summed E-state index contributed by atoms with van der Waals surface area (Å²) in [6.45, 7) is 0. The van der Waals surface area contributed by atoms with Crippen LogP contribution in [-0.2, 0) is 35.8 Å². The molecule has 0 saturated heterocycles. The first-order valence-corrected chi connectivity index (χ1v) is 23.4. The zero-order valence-corrected chi connectivity index (χ0v) is 33.7. The summed E-state index contributed by atoms with van der Waals surface area (Å²) in [6, 6.07) is 58.3. The number of hydrogen-bond acceptors (Lipinski definition) is 8. The molecule has 0 unspecified atom stereocenters. The van der Waals surface area contributed by atoms with E-state index in [-0.39, 0.29) is 0 Å². The van der Waals surface area contributed by atoms with Crippen molar-refractivity contribution in [3.8, 4) is 0 Å². The molecule has 57 heavy (non-hydrogen) atoms. The fourth-order valence-electron chi connectivity index (χ4n) is 4.95. The molecule has 0 aliphatic rings. The molecular weight excluding hydrogens is 851 g/mol. The van der Waals surface area contributed by atoms with Crippen LogP contribution in [0.5, 0.6) is 0 Å². The predicted molar refractivity (Wildman–Crippen MR) is 210 cm³/mol. The van der Waals surface area contributed by atoms with Gasteiger partial charge in [-0.3, -0.25) is 0 Å². The topological polar surface area (TPSA) is 121 Å². The Morgan fingerprint density at radius 3 is 0.649 bits per heavy atom. The van der Waals surface area contributed by atoms with Crippen molar-refractivity contribution >= 4 is 82.2 Å². The molecule has 0 saturated carbocycles. The summed E-state index contributed by atoms with van der Waals surface area (Å²) in [5.74, 6) is 0.